The van der Waals surface area contributed by atoms with E-state index < -0.39 is 0 Å². The van der Waals surface area contributed by atoms with Crippen LogP contribution in [0.3, 0.4) is 0 Å². The van der Waals surface area contributed by atoms with Gasteiger partial charge in [0.15, 0.2) is 0 Å². The number of rotatable bonds is 0. The molecule has 0 radical (unpaired) electrons. The topological polar surface area (TPSA) is 0 Å². The van der Waals surface area contributed by atoms with E-state index >= 15 is 0 Å². The minimum absolute atomic E-state index is 1.33. The Labute approximate surface area is 227 Å². The molecular weight excluding hydrogens is 480 g/mol. The van der Waals surface area contributed by atoms with Crippen molar-refractivity contribution in [3.63, 3.8) is 0 Å². The van der Waals surface area contributed by atoms with Crippen LogP contribution in [0.4, 0.5) is 0 Å². The van der Waals surface area contributed by atoms with E-state index in [9.17, 15) is 0 Å². The molecule has 2 aliphatic rings. The minimum atomic E-state index is 1.33. The third kappa shape index (κ3) is 1.83. The molecule has 0 bridgehead atoms. The summed E-state index contributed by atoms with van der Waals surface area (Å²) in [5, 5.41) is 27.5. The second kappa shape index (κ2) is 5.86. The van der Waals surface area contributed by atoms with Crippen LogP contribution in [-0.2, 0) is 0 Å². The molecule has 10 aromatic rings. The molecule has 0 fully saturated rings. The SMILES string of the molecule is c1cc2ccc3ccc4ccc5cc6ccc7ccc8ccc9ccc%10cc1c1c%11c%10c9c8c7c6c-%11c5c4c3c21. The Morgan fingerprint density at radius 2 is 0.350 bits per heavy atom. The van der Waals surface area contributed by atoms with Crippen molar-refractivity contribution in [1.29, 1.82) is 0 Å². The molecule has 40 heavy (non-hydrogen) atoms. The van der Waals surface area contributed by atoms with Crippen LogP contribution >= 0.6 is 0 Å². The Morgan fingerprint density at radius 3 is 0.575 bits per heavy atom. The summed E-state index contributed by atoms with van der Waals surface area (Å²) in [6, 6.07) is 42.3. The lowest BCUT2D eigenvalue weighted by Crippen LogP contribution is -1.89. The zero-order chi connectivity index (χ0) is 25.4. The standard InChI is InChI=1S/C40H18/c1-5-21-9-13-25-17-27-15-11-23-7-3-20-4-8-24-12-16-28-18-26-14-10-22-6-2-19(1)29-31(21)35(25)39-37(27)33(23)30(20)34(24)38(28)40(39)36(26)32(22)29/h1-18H. The van der Waals surface area contributed by atoms with Gasteiger partial charge >= 0.3 is 0 Å². The summed E-state index contributed by atoms with van der Waals surface area (Å²) in [6.45, 7) is 0. The van der Waals surface area contributed by atoms with E-state index in [2.05, 4.69) is 109 Å². The lowest BCUT2D eigenvalue weighted by atomic mass is 9.85. The van der Waals surface area contributed by atoms with Gasteiger partial charge in [-0.2, -0.15) is 0 Å². The van der Waals surface area contributed by atoms with Crippen LogP contribution in [0.2, 0.25) is 0 Å². The number of hydrogen-bond acceptors (Lipinski definition) is 0. The zero-order valence-corrected chi connectivity index (χ0v) is 21.4. The molecule has 0 aliphatic heterocycles. The Bertz CT molecular complexity index is 2570. The molecule has 0 saturated carbocycles. The summed E-state index contributed by atoms with van der Waals surface area (Å²) >= 11 is 0. The van der Waals surface area contributed by atoms with E-state index in [0.29, 0.717) is 0 Å². The van der Waals surface area contributed by atoms with Gasteiger partial charge in [-0.05, 0) is 131 Å². The molecule has 0 aromatic heterocycles. The molecule has 0 heterocycles. The van der Waals surface area contributed by atoms with Crippen molar-refractivity contribution < 1.29 is 0 Å². The first-order valence-corrected chi connectivity index (χ1v) is 14.2. The molecule has 0 N–H and O–H groups in total. The van der Waals surface area contributed by atoms with Gasteiger partial charge in [-0.3, -0.25) is 0 Å². The van der Waals surface area contributed by atoms with E-state index in [1.54, 1.807) is 0 Å². The van der Waals surface area contributed by atoms with Gasteiger partial charge in [0, 0.05) is 0 Å². The van der Waals surface area contributed by atoms with Crippen molar-refractivity contribution in [1.82, 2.24) is 0 Å². The predicted molar refractivity (Wildman–Crippen MR) is 174 cm³/mol. The van der Waals surface area contributed by atoms with Gasteiger partial charge in [0.05, 0.1) is 0 Å². The smallest absolute Gasteiger partial charge is 0.0000929 e. The maximum atomic E-state index is 2.45. The third-order valence-electron chi connectivity index (χ3n) is 10.3. The summed E-state index contributed by atoms with van der Waals surface area (Å²) in [7, 11) is 0. The average Bonchev–Trinajstić information content (AvgIpc) is 3.24. The van der Waals surface area contributed by atoms with Crippen LogP contribution in [-0.4, -0.2) is 0 Å². The normalized spacial score (nSPS) is 13.5. The van der Waals surface area contributed by atoms with E-state index in [-0.39, 0.29) is 0 Å². The fourth-order valence-corrected chi connectivity index (χ4v) is 8.81. The quantitative estimate of drug-likeness (QED) is 0.144. The van der Waals surface area contributed by atoms with Gasteiger partial charge in [-0.15, -0.1) is 0 Å². The average molecular weight is 499 g/mol. The maximum Gasteiger partial charge on any atom is -0.0000929 e. The highest BCUT2D eigenvalue weighted by atomic mass is 14.3. The van der Waals surface area contributed by atoms with Gasteiger partial charge in [0.25, 0.3) is 0 Å². The van der Waals surface area contributed by atoms with Gasteiger partial charge in [0.1, 0.15) is 0 Å². The molecule has 0 amide bonds. The Kier molecular flexibility index (Phi) is 2.77. The van der Waals surface area contributed by atoms with E-state index in [1.165, 1.54) is 119 Å². The second-order valence-corrected chi connectivity index (χ2v) is 12.0. The molecule has 178 valence electrons. The highest BCUT2D eigenvalue weighted by Crippen LogP contribution is 2.57. The number of benzene rings is 10. The van der Waals surface area contributed by atoms with E-state index in [0.717, 1.165) is 0 Å². The minimum Gasteiger partial charge on any atom is -0.0537 e. The van der Waals surface area contributed by atoms with Gasteiger partial charge in [-0.1, -0.05) is 97.1 Å². The summed E-state index contributed by atoms with van der Waals surface area (Å²) in [5.41, 5.74) is 2.87. The van der Waals surface area contributed by atoms with Crippen LogP contribution in [0, 0.1) is 0 Å². The molecule has 0 heteroatoms. The molecule has 0 atom stereocenters. The zero-order valence-electron chi connectivity index (χ0n) is 21.4. The molecule has 10 aromatic carbocycles. The molecule has 0 unspecified atom stereocenters. The van der Waals surface area contributed by atoms with Crippen molar-refractivity contribution in [2.45, 2.75) is 0 Å². The monoisotopic (exact) mass is 498 g/mol. The largest absolute Gasteiger partial charge is 0.0537 e. The van der Waals surface area contributed by atoms with Crippen molar-refractivity contribution in [2.24, 2.45) is 0 Å². The predicted octanol–water partition coefficient (Wildman–Crippen LogP) is 11.5. The molecule has 0 saturated heterocycles. The Balaban J connectivity index is 1.66. The second-order valence-electron chi connectivity index (χ2n) is 12.0. The van der Waals surface area contributed by atoms with Crippen molar-refractivity contribution >= 4 is 108 Å². The first kappa shape index (κ1) is 19.0. The molecule has 12 rings (SSSR count). The summed E-state index contributed by atoms with van der Waals surface area (Å²) in [6.07, 6.45) is 0. The summed E-state index contributed by atoms with van der Waals surface area (Å²) in [4.78, 5) is 0. The van der Waals surface area contributed by atoms with E-state index in [1.807, 2.05) is 0 Å². The van der Waals surface area contributed by atoms with E-state index in [4.69, 9.17) is 0 Å². The molecule has 0 spiro atoms. The lowest BCUT2D eigenvalue weighted by molar-refractivity contribution is 1.83. The first-order chi connectivity index (χ1) is 19.8. The lowest BCUT2D eigenvalue weighted by Gasteiger charge is -2.17. The van der Waals surface area contributed by atoms with Crippen LogP contribution in [0.1, 0.15) is 0 Å². The van der Waals surface area contributed by atoms with Crippen LogP contribution < -0.4 is 0 Å². The molecule has 2 aliphatic carbocycles. The van der Waals surface area contributed by atoms with Crippen LogP contribution in [0.15, 0.2) is 109 Å². The van der Waals surface area contributed by atoms with Crippen molar-refractivity contribution in [3.8, 4) is 11.1 Å². The first-order valence-electron chi connectivity index (χ1n) is 14.2. The van der Waals surface area contributed by atoms with Crippen molar-refractivity contribution in [3.05, 3.63) is 109 Å². The fraction of sp³-hybridized carbons (Fsp3) is 0. The Hall–Kier alpha value is -5.20. The highest BCUT2D eigenvalue weighted by Gasteiger charge is 2.28. The van der Waals surface area contributed by atoms with Crippen LogP contribution in [0.25, 0.3) is 119 Å². The molecule has 0 nitrogen and oxygen atoms in total. The third-order valence-corrected chi connectivity index (χ3v) is 10.3. The van der Waals surface area contributed by atoms with Crippen LogP contribution in [0.5, 0.6) is 0 Å². The summed E-state index contributed by atoms with van der Waals surface area (Å²) < 4.78 is 0. The summed E-state index contributed by atoms with van der Waals surface area (Å²) in [5.74, 6) is 0. The van der Waals surface area contributed by atoms with Gasteiger partial charge < -0.3 is 0 Å². The maximum absolute atomic E-state index is 2.45. The van der Waals surface area contributed by atoms with Gasteiger partial charge in [-0.25, -0.2) is 0 Å². The van der Waals surface area contributed by atoms with Gasteiger partial charge in [0.2, 0.25) is 0 Å². The highest BCUT2D eigenvalue weighted by molar-refractivity contribution is 6.48. The fourth-order valence-electron chi connectivity index (χ4n) is 8.81. The van der Waals surface area contributed by atoms with Crippen molar-refractivity contribution in [2.75, 3.05) is 0 Å². The Morgan fingerprint density at radius 1 is 0.175 bits per heavy atom. The number of hydrogen-bond donors (Lipinski definition) is 0. The molecular formula is C40H18.